The fourth-order valence-electron chi connectivity index (χ4n) is 1.53. The van der Waals surface area contributed by atoms with Crippen LogP contribution in [0, 0.1) is 5.41 Å². The first-order valence-electron chi connectivity index (χ1n) is 5.17. The van der Waals surface area contributed by atoms with Gasteiger partial charge in [-0.15, -0.1) is 0 Å². The summed E-state index contributed by atoms with van der Waals surface area (Å²) in [6, 6.07) is 7.44. The Kier molecular flexibility index (Phi) is 3.19. The average Bonchev–Trinajstić information content (AvgIpc) is 2.82. The summed E-state index contributed by atoms with van der Waals surface area (Å²) in [4.78, 5) is 4.16. The number of rotatable bonds is 4. The molecule has 16 heavy (non-hydrogen) atoms. The first kappa shape index (κ1) is 10.7. The molecule has 0 aromatic heterocycles. The van der Waals surface area contributed by atoms with Gasteiger partial charge < -0.3 is 14.9 Å². The van der Waals surface area contributed by atoms with Crippen molar-refractivity contribution in [1.29, 1.82) is 5.41 Å². The van der Waals surface area contributed by atoms with E-state index in [0.29, 0.717) is 31.2 Å². The van der Waals surface area contributed by atoms with Gasteiger partial charge in [0.05, 0.1) is 20.1 Å². The zero-order valence-corrected chi connectivity index (χ0v) is 9.19. The van der Waals surface area contributed by atoms with E-state index in [1.807, 2.05) is 24.3 Å². The van der Waals surface area contributed by atoms with Crippen LogP contribution >= 0.6 is 0 Å². The topological polar surface area (TPSA) is 54.7 Å². The number of hydrogen-bond acceptors (Lipinski definition) is 4. The fraction of sp³-hybridized carbons (Fsp3) is 0.333. The van der Waals surface area contributed by atoms with Gasteiger partial charge in [-0.25, -0.2) is 0 Å². The van der Waals surface area contributed by atoms with Gasteiger partial charge in [0.1, 0.15) is 12.4 Å². The SMILES string of the molecule is COc1ccc(C(=N)CC2=NCCO2)cc1. The molecule has 84 valence electrons. The van der Waals surface area contributed by atoms with E-state index in [1.54, 1.807) is 7.11 Å². The average molecular weight is 218 g/mol. The van der Waals surface area contributed by atoms with Crippen LogP contribution in [-0.2, 0) is 4.74 Å². The van der Waals surface area contributed by atoms with Gasteiger partial charge >= 0.3 is 0 Å². The van der Waals surface area contributed by atoms with Gasteiger partial charge in [-0.05, 0) is 29.8 Å². The lowest BCUT2D eigenvalue weighted by molar-refractivity contribution is 0.342. The molecular weight excluding hydrogens is 204 g/mol. The van der Waals surface area contributed by atoms with Crippen LogP contribution in [0.25, 0.3) is 0 Å². The van der Waals surface area contributed by atoms with E-state index in [-0.39, 0.29) is 0 Å². The lowest BCUT2D eigenvalue weighted by atomic mass is 10.1. The highest BCUT2D eigenvalue weighted by atomic mass is 16.5. The molecule has 0 aliphatic carbocycles. The summed E-state index contributed by atoms with van der Waals surface area (Å²) in [6.07, 6.45) is 0.465. The third kappa shape index (κ3) is 2.39. The summed E-state index contributed by atoms with van der Waals surface area (Å²) in [5.41, 5.74) is 1.39. The quantitative estimate of drug-likeness (QED) is 0.784. The lowest BCUT2D eigenvalue weighted by Crippen LogP contribution is -2.08. The molecule has 4 heteroatoms. The van der Waals surface area contributed by atoms with Crippen molar-refractivity contribution in [2.24, 2.45) is 4.99 Å². The highest BCUT2D eigenvalue weighted by Crippen LogP contribution is 2.13. The molecule has 1 heterocycles. The molecule has 0 saturated carbocycles. The number of ether oxygens (including phenoxy) is 2. The van der Waals surface area contributed by atoms with Crippen LogP contribution < -0.4 is 4.74 Å². The highest BCUT2D eigenvalue weighted by molar-refractivity contribution is 6.09. The van der Waals surface area contributed by atoms with E-state index in [0.717, 1.165) is 11.3 Å². The predicted molar refractivity (Wildman–Crippen MR) is 62.7 cm³/mol. The van der Waals surface area contributed by atoms with Crippen molar-refractivity contribution in [2.45, 2.75) is 6.42 Å². The zero-order valence-electron chi connectivity index (χ0n) is 9.19. The van der Waals surface area contributed by atoms with Gasteiger partial charge in [0.2, 0.25) is 0 Å². The van der Waals surface area contributed by atoms with Crippen molar-refractivity contribution in [1.82, 2.24) is 0 Å². The number of benzene rings is 1. The minimum absolute atomic E-state index is 0.465. The molecule has 0 saturated heterocycles. The maximum absolute atomic E-state index is 7.92. The lowest BCUT2D eigenvalue weighted by Gasteiger charge is -2.05. The van der Waals surface area contributed by atoms with Crippen LogP contribution in [0.5, 0.6) is 5.75 Å². The van der Waals surface area contributed by atoms with Crippen LogP contribution in [0.4, 0.5) is 0 Å². The molecule has 0 fully saturated rings. The minimum Gasteiger partial charge on any atom is -0.497 e. The Morgan fingerprint density at radius 1 is 1.44 bits per heavy atom. The van der Waals surface area contributed by atoms with Gasteiger partial charge in [-0.1, -0.05) is 0 Å². The Balaban J connectivity index is 2.02. The summed E-state index contributed by atoms with van der Waals surface area (Å²) in [5, 5.41) is 7.92. The Morgan fingerprint density at radius 3 is 2.75 bits per heavy atom. The molecule has 0 amide bonds. The molecule has 0 radical (unpaired) electrons. The maximum atomic E-state index is 7.92. The highest BCUT2D eigenvalue weighted by Gasteiger charge is 2.11. The standard InChI is InChI=1S/C12H14N2O2/c1-15-10-4-2-9(3-5-10)11(13)8-12-14-6-7-16-12/h2-5,13H,6-8H2,1H3. The first-order valence-corrected chi connectivity index (χ1v) is 5.17. The summed E-state index contributed by atoms with van der Waals surface area (Å²) < 4.78 is 10.3. The van der Waals surface area contributed by atoms with E-state index in [2.05, 4.69) is 4.99 Å². The predicted octanol–water partition coefficient (Wildman–Crippen LogP) is 1.88. The number of methoxy groups -OCH3 is 1. The second kappa shape index (κ2) is 4.79. The Morgan fingerprint density at radius 2 is 2.19 bits per heavy atom. The molecular formula is C12H14N2O2. The van der Waals surface area contributed by atoms with Crippen LogP contribution in [0.1, 0.15) is 12.0 Å². The van der Waals surface area contributed by atoms with E-state index in [9.17, 15) is 0 Å². The number of nitrogens with zero attached hydrogens (tertiary/aromatic N) is 1. The van der Waals surface area contributed by atoms with E-state index < -0.39 is 0 Å². The summed E-state index contributed by atoms with van der Waals surface area (Å²) >= 11 is 0. The second-order valence-electron chi connectivity index (χ2n) is 3.51. The number of nitrogens with one attached hydrogen (secondary N) is 1. The normalized spacial score (nSPS) is 14.2. The fourth-order valence-corrected chi connectivity index (χ4v) is 1.53. The molecule has 1 aromatic carbocycles. The maximum Gasteiger partial charge on any atom is 0.189 e. The van der Waals surface area contributed by atoms with Crippen molar-refractivity contribution in [2.75, 3.05) is 20.3 Å². The number of hydrogen-bond donors (Lipinski definition) is 1. The first-order chi connectivity index (χ1) is 7.79. The van der Waals surface area contributed by atoms with Gasteiger partial charge in [0.25, 0.3) is 0 Å². The summed E-state index contributed by atoms with van der Waals surface area (Å²) in [6.45, 7) is 1.36. The monoisotopic (exact) mass is 218 g/mol. The summed E-state index contributed by atoms with van der Waals surface area (Å²) in [7, 11) is 1.63. The van der Waals surface area contributed by atoms with Crippen molar-refractivity contribution < 1.29 is 9.47 Å². The minimum atomic E-state index is 0.465. The summed E-state index contributed by atoms with van der Waals surface area (Å²) in [5.74, 6) is 1.46. The van der Waals surface area contributed by atoms with Gasteiger partial charge in [-0.2, -0.15) is 0 Å². The molecule has 0 atom stereocenters. The van der Waals surface area contributed by atoms with Crippen LogP contribution in [-0.4, -0.2) is 31.9 Å². The Hall–Kier alpha value is -1.84. The molecule has 4 nitrogen and oxygen atoms in total. The Labute approximate surface area is 94.4 Å². The van der Waals surface area contributed by atoms with Crippen LogP contribution in [0.15, 0.2) is 29.3 Å². The van der Waals surface area contributed by atoms with Gasteiger partial charge in [-0.3, -0.25) is 4.99 Å². The van der Waals surface area contributed by atoms with Gasteiger partial charge in [0.15, 0.2) is 5.90 Å². The molecule has 1 aromatic rings. The smallest absolute Gasteiger partial charge is 0.189 e. The van der Waals surface area contributed by atoms with Gasteiger partial charge in [0, 0.05) is 5.71 Å². The van der Waals surface area contributed by atoms with Crippen LogP contribution in [0.2, 0.25) is 0 Å². The molecule has 0 spiro atoms. The van der Waals surface area contributed by atoms with E-state index in [4.69, 9.17) is 14.9 Å². The molecule has 1 aliphatic rings. The second-order valence-corrected chi connectivity index (χ2v) is 3.51. The molecule has 2 rings (SSSR count). The molecule has 1 N–H and O–H groups in total. The van der Waals surface area contributed by atoms with E-state index in [1.165, 1.54) is 0 Å². The molecule has 0 bridgehead atoms. The largest absolute Gasteiger partial charge is 0.497 e. The van der Waals surface area contributed by atoms with Crippen molar-refractivity contribution in [3.05, 3.63) is 29.8 Å². The third-order valence-corrected chi connectivity index (χ3v) is 2.41. The van der Waals surface area contributed by atoms with Crippen molar-refractivity contribution in [3.8, 4) is 5.75 Å². The van der Waals surface area contributed by atoms with E-state index >= 15 is 0 Å². The molecule has 1 aliphatic heterocycles. The van der Waals surface area contributed by atoms with Crippen LogP contribution in [0.3, 0.4) is 0 Å². The van der Waals surface area contributed by atoms with Crippen molar-refractivity contribution in [3.63, 3.8) is 0 Å². The number of aliphatic imine (C=N–C) groups is 1. The Bertz CT molecular complexity index is 410. The van der Waals surface area contributed by atoms with Crippen molar-refractivity contribution >= 4 is 11.6 Å². The zero-order chi connectivity index (χ0) is 11.4. The third-order valence-electron chi connectivity index (χ3n) is 2.41. The molecule has 0 unspecified atom stereocenters.